The van der Waals surface area contributed by atoms with Crippen LogP contribution in [0.2, 0.25) is 0 Å². The molecule has 0 saturated heterocycles. The van der Waals surface area contributed by atoms with Gasteiger partial charge in [-0.05, 0) is 38.1 Å². The fraction of sp³-hybridized carbons (Fsp3) is 0.385. The minimum Gasteiger partial charge on any atom is -0.443 e. The van der Waals surface area contributed by atoms with Crippen molar-refractivity contribution in [1.82, 2.24) is 10.3 Å². The van der Waals surface area contributed by atoms with Crippen molar-refractivity contribution in [3.63, 3.8) is 0 Å². The van der Waals surface area contributed by atoms with Crippen LogP contribution in [0.15, 0.2) is 29.0 Å². The van der Waals surface area contributed by atoms with Crippen LogP contribution < -0.4 is 5.32 Å². The molecule has 1 atom stereocenters. The molecule has 0 saturated carbocycles. The number of hydrogen-bond acceptors (Lipinski definition) is 4. The van der Waals surface area contributed by atoms with Crippen molar-refractivity contribution in [3.8, 4) is 0 Å². The van der Waals surface area contributed by atoms with Gasteiger partial charge in [0.1, 0.15) is 11.3 Å². The van der Waals surface area contributed by atoms with Crippen molar-refractivity contribution >= 4 is 16.9 Å². The molecule has 0 fully saturated rings. The lowest BCUT2D eigenvalue weighted by atomic mass is 10.0. The van der Waals surface area contributed by atoms with Crippen molar-refractivity contribution in [2.24, 2.45) is 0 Å². The molecular weight excluding hydrogens is 216 g/mol. The number of Topliss-reactive ketones (excluding diaryl/α,β-unsaturated/α-hetero) is 1. The number of fused-ring (bicyclic) bond motifs is 1. The maximum absolute atomic E-state index is 11.0. The largest absolute Gasteiger partial charge is 0.443 e. The van der Waals surface area contributed by atoms with Crippen LogP contribution in [-0.2, 0) is 4.79 Å². The highest BCUT2D eigenvalue weighted by atomic mass is 16.3. The maximum Gasteiger partial charge on any atom is 0.181 e. The fourth-order valence-corrected chi connectivity index (χ4v) is 1.91. The standard InChI is InChI=1S/C13H16N2O2/c1-9(16)3-5-11(14-2)10-4-6-12-13(7-10)17-8-15-12/h4,6-8,11,14H,3,5H2,1-2H3. The molecule has 4 nitrogen and oxygen atoms in total. The molecule has 0 aliphatic rings. The topological polar surface area (TPSA) is 55.1 Å². The molecule has 4 heteroatoms. The Kier molecular flexibility index (Phi) is 3.54. The Bertz CT molecular complexity index is 519. The third kappa shape index (κ3) is 2.71. The smallest absolute Gasteiger partial charge is 0.181 e. The molecular formula is C13H16N2O2. The molecule has 1 heterocycles. The van der Waals surface area contributed by atoms with Crippen LogP contribution in [0.4, 0.5) is 0 Å². The zero-order valence-electron chi connectivity index (χ0n) is 10.1. The van der Waals surface area contributed by atoms with E-state index in [1.54, 1.807) is 6.92 Å². The van der Waals surface area contributed by atoms with E-state index in [0.717, 1.165) is 23.1 Å². The van der Waals surface area contributed by atoms with Gasteiger partial charge in [0.2, 0.25) is 0 Å². The molecule has 1 N–H and O–H groups in total. The zero-order chi connectivity index (χ0) is 12.3. The molecule has 0 spiro atoms. The Balaban J connectivity index is 2.20. The minimum atomic E-state index is 0.174. The van der Waals surface area contributed by atoms with E-state index in [0.29, 0.717) is 6.42 Å². The Morgan fingerprint density at radius 3 is 3.06 bits per heavy atom. The van der Waals surface area contributed by atoms with E-state index < -0.39 is 0 Å². The third-order valence-corrected chi connectivity index (χ3v) is 2.89. The summed E-state index contributed by atoms with van der Waals surface area (Å²) >= 11 is 0. The van der Waals surface area contributed by atoms with Gasteiger partial charge in [-0.25, -0.2) is 4.98 Å². The van der Waals surface area contributed by atoms with E-state index in [1.807, 2.05) is 25.2 Å². The number of oxazole rings is 1. The molecule has 0 bridgehead atoms. The average Bonchev–Trinajstić information content (AvgIpc) is 2.76. The molecule has 0 amide bonds. The number of carbonyl (C=O) groups is 1. The van der Waals surface area contributed by atoms with E-state index in [4.69, 9.17) is 4.42 Å². The average molecular weight is 232 g/mol. The molecule has 17 heavy (non-hydrogen) atoms. The minimum absolute atomic E-state index is 0.174. The summed E-state index contributed by atoms with van der Waals surface area (Å²) in [6.45, 7) is 1.62. The van der Waals surface area contributed by atoms with Gasteiger partial charge in [0.15, 0.2) is 12.0 Å². The van der Waals surface area contributed by atoms with Gasteiger partial charge >= 0.3 is 0 Å². The molecule has 1 aromatic carbocycles. The first-order chi connectivity index (χ1) is 8.20. The number of carbonyl (C=O) groups excluding carboxylic acids is 1. The van der Waals surface area contributed by atoms with Crippen LogP contribution >= 0.6 is 0 Å². The van der Waals surface area contributed by atoms with E-state index >= 15 is 0 Å². The number of aromatic nitrogens is 1. The summed E-state index contributed by atoms with van der Waals surface area (Å²) in [7, 11) is 1.90. The van der Waals surface area contributed by atoms with Gasteiger partial charge in [0, 0.05) is 12.5 Å². The SMILES string of the molecule is CNC(CCC(C)=O)c1ccc2ncoc2c1. The first kappa shape index (κ1) is 11.8. The predicted molar refractivity (Wildman–Crippen MR) is 65.7 cm³/mol. The summed E-state index contributed by atoms with van der Waals surface area (Å²) in [6.07, 6.45) is 2.82. The Labute approximate surface area is 100 Å². The molecule has 1 aromatic heterocycles. The van der Waals surface area contributed by atoms with Gasteiger partial charge < -0.3 is 14.5 Å². The van der Waals surface area contributed by atoms with Crippen LogP contribution in [0.1, 0.15) is 31.4 Å². The monoisotopic (exact) mass is 232 g/mol. The normalized spacial score (nSPS) is 12.8. The van der Waals surface area contributed by atoms with Crippen molar-refractivity contribution in [2.45, 2.75) is 25.8 Å². The van der Waals surface area contributed by atoms with Crippen LogP contribution in [0.3, 0.4) is 0 Å². The lowest BCUT2D eigenvalue weighted by Crippen LogP contribution is -2.17. The summed E-state index contributed by atoms with van der Waals surface area (Å²) in [5, 5.41) is 3.22. The Morgan fingerprint density at radius 2 is 2.35 bits per heavy atom. The molecule has 0 aliphatic heterocycles. The van der Waals surface area contributed by atoms with Crippen molar-refractivity contribution in [3.05, 3.63) is 30.2 Å². The second-order valence-electron chi connectivity index (χ2n) is 4.16. The van der Waals surface area contributed by atoms with Gasteiger partial charge in [0.05, 0.1) is 0 Å². The summed E-state index contributed by atoms with van der Waals surface area (Å²) < 4.78 is 5.27. The predicted octanol–water partition coefficient (Wildman–Crippen LogP) is 2.46. The highest BCUT2D eigenvalue weighted by Crippen LogP contribution is 2.22. The van der Waals surface area contributed by atoms with Crippen LogP contribution in [0.25, 0.3) is 11.1 Å². The number of nitrogens with zero attached hydrogens (tertiary/aromatic N) is 1. The van der Waals surface area contributed by atoms with Gasteiger partial charge in [0.25, 0.3) is 0 Å². The highest BCUT2D eigenvalue weighted by Gasteiger charge is 2.11. The van der Waals surface area contributed by atoms with Crippen molar-refractivity contribution in [2.75, 3.05) is 7.05 Å². The molecule has 1 unspecified atom stereocenters. The maximum atomic E-state index is 11.0. The Morgan fingerprint density at radius 1 is 1.53 bits per heavy atom. The molecule has 0 radical (unpaired) electrons. The quantitative estimate of drug-likeness (QED) is 0.860. The molecule has 90 valence electrons. The van der Waals surface area contributed by atoms with Crippen LogP contribution in [0, 0.1) is 0 Å². The molecule has 0 aliphatic carbocycles. The number of benzene rings is 1. The van der Waals surface area contributed by atoms with Crippen molar-refractivity contribution < 1.29 is 9.21 Å². The summed E-state index contributed by atoms with van der Waals surface area (Å²) in [5.41, 5.74) is 2.76. The fourth-order valence-electron chi connectivity index (χ4n) is 1.91. The summed E-state index contributed by atoms with van der Waals surface area (Å²) in [6, 6.07) is 6.11. The second kappa shape index (κ2) is 5.10. The molecule has 2 rings (SSSR count). The number of rotatable bonds is 5. The zero-order valence-corrected chi connectivity index (χ0v) is 10.1. The van der Waals surface area contributed by atoms with E-state index in [-0.39, 0.29) is 11.8 Å². The lowest BCUT2D eigenvalue weighted by Gasteiger charge is -2.15. The lowest BCUT2D eigenvalue weighted by molar-refractivity contribution is -0.117. The first-order valence-electron chi connectivity index (χ1n) is 5.70. The highest BCUT2D eigenvalue weighted by molar-refractivity contribution is 5.75. The number of hydrogen-bond donors (Lipinski definition) is 1. The van der Waals surface area contributed by atoms with E-state index in [2.05, 4.69) is 10.3 Å². The third-order valence-electron chi connectivity index (χ3n) is 2.89. The van der Waals surface area contributed by atoms with Crippen LogP contribution in [0.5, 0.6) is 0 Å². The Hall–Kier alpha value is -1.68. The van der Waals surface area contributed by atoms with E-state index in [1.165, 1.54) is 6.39 Å². The second-order valence-corrected chi connectivity index (χ2v) is 4.16. The van der Waals surface area contributed by atoms with Crippen LogP contribution in [-0.4, -0.2) is 17.8 Å². The summed E-state index contributed by atoms with van der Waals surface area (Å²) in [5.74, 6) is 0.214. The summed E-state index contributed by atoms with van der Waals surface area (Å²) in [4.78, 5) is 15.1. The van der Waals surface area contributed by atoms with Gasteiger partial charge in [-0.2, -0.15) is 0 Å². The van der Waals surface area contributed by atoms with Gasteiger partial charge in [-0.1, -0.05) is 6.07 Å². The number of ketones is 1. The number of nitrogens with one attached hydrogen (secondary N) is 1. The van der Waals surface area contributed by atoms with Gasteiger partial charge in [-0.3, -0.25) is 0 Å². The molecule has 2 aromatic rings. The van der Waals surface area contributed by atoms with Crippen molar-refractivity contribution in [1.29, 1.82) is 0 Å². The van der Waals surface area contributed by atoms with Gasteiger partial charge in [-0.15, -0.1) is 0 Å². The first-order valence-corrected chi connectivity index (χ1v) is 5.70. The van der Waals surface area contributed by atoms with E-state index in [9.17, 15) is 4.79 Å².